The third-order valence-electron chi connectivity index (χ3n) is 4.10. The zero-order chi connectivity index (χ0) is 15.1. The van der Waals surface area contributed by atoms with Gasteiger partial charge in [-0.15, -0.1) is 0 Å². The summed E-state index contributed by atoms with van der Waals surface area (Å²) < 4.78 is 5.82. The van der Waals surface area contributed by atoms with Crippen LogP contribution in [-0.2, 0) is 6.54 Å². The number of hydrogen-bond acceptors (Lipinski definition) is 4. The van der Waals surface area contributed by atoms with Gasteiger partial charge in [0.25, 0.3) is 0 Å². The molecule has 118 valence electrons. The quantitative estimate of drug-likeness (QED) is 0.788. The van der Waals surface area contributed by atoms with Gasteiger partial charge in [-0.2, -0.15) is 0 Å². The third-order valence-corrected chi connectivity index (χ3v) is 4.10. The van der Waals surface area contributed by atoms with Crippen LogP contribution in [0.15, 0.2) is 24.3 Å². The highest BCUT2D eigenvalue weighted by atomic mass is 16.5. The van der Waals surface area contributed by atoms with E-state index >= 15 is 0 Å². The first-order chi connectivity index (χ1) is 10.2. The average Bonchev–Trinajstić information content (AvgIpc) is 2.86. The Labute approximate surface area is 129 Å². The Balaban J connectivity index is 1.64. The molecule has 1 saturated heterocycles. The Kier molecular flexibility index (Phi) is 6.49. The van der Waals surface area contributed by atoms with Crippen molar-refractivity contribution in [2.24, 2.45) is 5.92 Å². The van der Waals surface area contributed by atoms with E-state index in [2.05, 4.69) is 53.5 Å². The molecule has 0 saturated carbocycles. The first-order valence-corrected chi connectivity index (χ1v) is 7.91. The summed E-state index contributed by atoms with van der Waals surface area (Å²) in [7, 11) is 6.36. The molecular weight excluding hydrogens is 262 g/mol. The molecule has 1 unspecified atom stereocenters. The molecule has 1 aliphatic heterocycles. The van der Waals surface area contributed by atoms with E-state index in [0.717, 1.165) is 31.4 Å². The van der Waals surface area contributed by atoms with Gasteiger partial charge in [-0.1, -0.05) is 12.1 Å². The number of likely N-dealkylation sites (N-methyl/N-ethyl adjacent to an activating group) is 1. The van der Waals surface area contributed by atoms with Crippen LogP contribution in [0.25, 0.3) is 0 Å². The Morgan fingerprint density at radius 1 is 1.33 bits per heavy atom. The van der Waals surface area contributed by atoms with Crippen LogP contribution in [0.3, 0.4) is 0 Å². The number of nitrogens with one attached hydrogen (secondary N) is 1. The molecule has 21 heavy (non-hydrogen) atoms. The van der Waals surface area contributed by atoms with Gasteiger partial charge in [0.2, 0.25) is 0 Å². The predicted octanol–water partition coefficient (Wildman–Crippen LogP) is 1.67. The lowest BCUT2D eigenvalue weighted by Gasteiger charge is -2.21. The molecular formula is C17H29N3O. The first kappa shape index (κ1) is 16.3. The van der Waals surface area contributed by atoms with E-state index in [1.165, 1.54) is 31.6 Å². The molecule has 1 heterocycles. The molecule has 4 nitrogen and oxygen atoms in total. The molecule has 1 aromatic carbocycles. The van der Waals surface area contributed by atoms with Gasteiger partial charge in [-0.05, 0) is 57.7 Å². The number of benzene rings is 1. The minimum absolute atomic E-state index is 0.754. The SMILES string of the molecule is CNCc1ccc(OCCN(C)CC2CCN(C)C2)cc1. The molecule has 1 N–H and O–H groups in total. The third kappa shape index (κ3) is 5.65. The molecule has 0 amide bonds. The second kappa shape index (κ2) is 8.37. The number of hydrogen-bond donors (Lipinski definition) is 1. The van der Waals surface area contributed by atoms with Crippen molar-refractivity contribution in [2.75, 3.05) is 53.9 Å². The van der Waals surface area contributed by atoms with Crippen molar-refractivity contribution in [3.05, 3.63) is 29.8 Å². The summed E-state index contributed by atoms with van der Waals surface area (Å²) in [5, 5.41) is 3.15. The molecule has 1 fully saturated rings. The van der Waals surface area contributed by atoms with Gasteiger partial charge in [-0.3, -0.25) is 0 Å². The van der Waals surface area contributed by atoms with E-state index in [1.807, 2.05) is 7.05 Å². The highest BCUT2D eigenvalue weighted by Gasteiger charge is 2.20. The van der Waals surface area contributed by atoms with Gasteiger partial charge < -0.3 is 19.9 Å². The standard InChI is InChI=1S/C17H29N3O/c1-18-12-15-4-6-17(7-5-15)21-11-10-20(3)14-16-8-9-19(2)13-16/h4-7,16,18H,8-14H2,1-3H3. The smallest absolute Gasteiger partial charge is 0.119 e. The van der Waals surface area contributed by atoms with Crippen LogP contribution in [0.2, 0.25) is 0 Å². The molecule has 1 atom stereocenters. The van der Waals surface area contributed by atoms with E-state index in [4.69, 9.17) is 4.74 Å². The fourth-order valence-corrected chi connectivity index (χ4v) is 2.93. The maximum absolute atomic E-state index is 5.82. The Hall–Kier alpha value is -1.10. The van der Waals surface area contributed by atoms with Gasteiger partial charge in [0.05, 0.1) is 0 Å². The Morgan fingerprint density at radius 2 is 2.10 bits per heavy atom. The van der Waals surface area contributed by atoms with Crippen molar-refractivity contribution in [1.29, 1.82) is 0 Å². The van der Waals surface area contributed by atoms with E-state index in [0.29, 0.717) is 0 Å². The summed E-state index contributed by atoms with van der Waals surface area (Å²) in [4.78, 5) is 4.81. The van der Waals surface area contributed by atoms with Crippen molar-refractivity contribution >= 4 is 0 Å². The molecule has 0 radical (unpaired) electrons. The number of rotatable bonds is 8. The lowest BCUT2D eigenvalue weighted by molar-refractivity contribution is 0.215. The number of nitrogens with zero attached hydrogens (tertiary/aromatic N) is 2. The molecule has 2 rings (SSSR count). The monoisotopic (exact) mass is 291 g/mol. The van der Waals surface area contributed by atoms with Gasteiger partial charge in [0, 0.05) is 26.2 Å². The lowest BCUT2D eigenvalue weighted by atomic mass is 10.1. The Morgan fingerprint density at radius 3 is 2.71 bits per heavy atom. The van der Waals surface area contributed by atoms with Crippen LogP contribution >= 0.6 is 0 Å². The fourth-order valence-electron chi connectivity index (χ4n) is 2.93. The van der Waals surface area contributed by atoms with E-state index < -0.39 is 0 Å². The van der Waals surface area contributed by atoms with Crippen LogP contribution < -0.4 is 10.1 Å². The second-order valence-corrected chi connectivity index (χ2v) is 6.20. The van der Waals surface area contributed by atoms with Crippen molar-refractivity contribution < 1.29 is 4.74 Å². The maximum atomic E-state index is 5.82. The van der Waals surface area contributed by atoms with Gasteiger partial charge in [-0.25, -0.2) is 0 Å². The molecule has 1 aliphatic rings. The summed E-state index contributed by atoms with van der Waals surface area (Å²) in [6.07, 6.45) is 1.33. The summed E-state index contributed by atoms with van der Waals surface area (Å²) in [6, 6.07) is 8.34. The van der Waals surface area contributed by atoms with Crippen molar-refractivity contribution in [3.63, 3.8) is 0 Å². The molecule has 1 aromatic rings. The topological polar surface area (TPSA) is 27.7 Å². The minimum Gasteiger partial charge on any atom is -0.492 e. The van der Waals surface area contributed by atoms with Gasteiger partial charge in [0.1, 0.15) is 12.4 Å². The first-order valence-electron chi connectivity index (χ1n) is 7.91. The molecule has 0 bridgehead atoms. The zero-order valence-electron chi connectivity index (χ0n) is 13.6. The van der Waals surface area contributed by atoms with E-state index in [1.54, 1.807) is 0 Å². The zero-order valence-corrected chi connectivity index (χ0v) is 13.6. The summed E-state index contributed by atoms with van der Waals surface area (Å²) in [5.41, 5.74) is 1.28. The Bertz CT molecular complexity index is 407. The fraction of sp³-hybridized carbons (Fsp3) is 0.647. The molecule has 0 aliphatic carbocycles. The van der Waals surface area contributed by atoms with Crippen LogP contribution in [0.1, 0.15) is 12.0 Å². The highest BCUT2D eigenvalue weighted by molar-refractivity contribution is 5.27. The second-order valence-electron chi connectivity index (χ2n) is 6.20. The van der Waals surface area contributed by atoms with Crippen LogP contribution in [0, 0.1) is 5.92 Å². The van der Waals surface area contributed by atoms with Gasteiger partial charge >= 0.3 is 0 Å². The van der Waals surface area contributed by atoms with E-state index in [-0.39, 0.29) is 0 Å². The molecule has 0 aromatic heterocycles. The lowest BCUT2D eigenvalue weighted by Crippen LogP contribution is -2.30. The van der Waals surface area contributed by atoms with Crippen molar-refractivity contribution in [1.82, 2.24) is 15.1 Å². The average molecular weight is 291 g/mol. The van der Waals surface area contributed by atoms with Crippen LogP contribution in [-0.4, -0.2) is 63.7 Å². The van der Waals surface area contributed by atoms with E-state index in [9.17, 15) is 0 Å². The van der Waals surface area contributed by atoms with Crippen LogP contribution in [0.4, 0.5) is 0 Å². The predicted molar refractivity (Wildman–Crippen MR) is 87.8 cm³/mol. The van der Waals surface area contributed by atoms with Gasteiger partial charge in [0.15, 0.2) is 0 Å². The van der Waals surface area contributed by atoms with Crippen molar-refractivity contribution in [2.45, 2.75) is 13.0 Å². The van der Waals surface area contributed by atoms with Crippen LogP contribution in [0.5, 0.6) is 5.75 Å². The van der Waals surface area contributed by atoms with Crippen molar-refractivity contribution in [3.8, 4) is 5.75 Å². The number of ether oxygens (including phenoxy) is 1. The maximum Gasteiger partial charge on any atom is 0.119 e. The summed E-state index contributed by atoms with van der Waals surface area (Å²) in [5.74, 6) is 1.78. The largest absolute Gasteiger partial charge is 0.492 e. The summed E-state index contributed by atoms with van der Waals surface area (Å²) in [6.45, 7) is 6.29. The number of likely N-dealkylation sites (tertiary alicyclic amines) is 1. The highest BCUT2D eigenvalue weighted by Crippen LogP contribution is 2.15. The summed E-state index contributed by atoms with van der Waals surface area (Å²) >= 11 is 0. The molecule has 4 heteroatoms. The molecule has 0 spiro atoms. The normalized spacial score (nSPS) is 19.3. The minimum atomic E-state index is 0.754.